The third kappa shape index (κ3) is 5.65. The van der Waals surface area contributed by atoms with Crippen molar-refractivity contribution >= 4 is 44.5 Å². The van der Waals surface area contributed by atoms with Crippen LogP contribution in [0.4, 0.5) is 22.0 Å². The van der Waals surface area contributed by atoms with Gasteiger partial charge in [-0.05, 0) is 63.1 Å². The van der Waals surface area contributed by atoms with E-state index in [1.165, 1.54) is 11.3 Å². The number of nitrogens with zero attached hydrogens (tertiary/aromatic N) is 4. The van der Waals surface area contributed by atoms with Crippen molar-refractivity contribution in [1.29, 1.82) is 0 Å². The van der Waals surface area contributed by atoms with Crippen molar-refractivity contribution in [1.82, 2.24) is 20.0 Å². The smallest absolute Gasteiger partial charge is 0.411 e. The molecule has 0 saturated heterocycles. The monoisotopic (exact) mass is 538 g/mol. The summed E-state index contributed by atoms with van der Waals surface area (Å²) < 4.78 is 33.4. The maximum Gasteiger partial charge on any atom is 0.411 e. The van der Waals surface area contributed by atoms with Crippen LogP contribution in [0.1, 0.15) is 26.7 Å². The van der Waals surface area contributed by atoms with Gasteiger partial charge in [-0.25, -0.2) is 18.2 Å². The molecule has 1 amide bonds. The summed E-state index contributed by atoms with van der Waals surface area (Å²) in [7, 11) is -1.73. The molecule has 1 saturated carbocycles. The minimum absolute atomic E-state index is 0.210. The Bertz CT molecular complexity index is 1540. The van der Waals surface area contributed by atoms with Gasteiger partial charge in [-0.3, -0.25) is 10.00 Å². The van der Waals surface area contributed by atoms with Gasteiger partial charge in [0.1, 0.15) is 5.01 Å². The molecular weight excluding hydrogens is 512 g/mol. The van der Waals surface area contributed by atoms with Crippen LogP contribution in [0.3, 0.4) is 0 Å². The maximum atomic E-state index is 13.3. The second kappa shape index (κ2) is 9.94. The average Bonchev–Trinajstić information content (AvgIpc) is 3.48. The first-order valence-corrected chi connectivity index (χ1v) is 14.1. The van der Waals surface area contributed by atoms with Crippen LogP contribution in [0.15, 0.2) is 59.8 Å². The Hall–Kier alpha value is -3.77. The molecule has 0 radical (unpaired) electrons. The van der Waals surface area contributed by atoms with Gasteiger partial charge in [0, 0.05) is 35.7 Å². The Labute approximate surface area is 218 Å². The van der Waals surface area contributed by atoms with Crippen LogP contribution in [0.5, 0.6) is 0 Å². The summed E-state index contributed by atoms with van der Waals surface area (Å²) in [6.45, 7) is 3.57. The predicted molar refractivity (Wildman–Crippen MR) is 143 cm³/mol. The molecule has 0 unspecified atom stereocenters. The molecule has 5 rings (SSSR count). The fraction of sp³-hybridized carbons (Fsp3) is 0.280. The molecular formula is C25H26N6O4S2. The number of hydrogen-bond donors (Lipinski definition) is 2. The molecule has 1 aliphatic rings. The van der Waals surface area contributed by atoms with Crippen LogP contribution in [0.25, 0.3) is 21.0 Å². The molecule has 12 heteroatoms. The van der Waals surface area contributed by atoms with E-state index in [2.05, 4.69) is 25.9 Å². The lowest BCUT2D eigenvalue weighted by Gasteiger charge is -2.11. The molecule has 1 fully saturated rings. The second-order valence-electron chi connectivity index (χ2n) is 9.04. The van der Waals surface area contributed by atoms with Crippen LogP contribution in [0.2, 0.25) is 0 Å². The van der Waals surface area contributed by atoms with Crippen molar-refractivity contribution in [2.45, 2.75) is 42.9 Å². The van der Waals surface area contributed by atoms with E-state index in [1.807, 2.05) is 18.2 Å². The first-order valence-electron chi connectivity index (χ1n) is 11.7. The second-order valence-corrected chi connectivity index (χ2v) is 12.3. The predicted octanol–water partition coefficient (Wildman–Crippen LogP) is 5.24. The molecule has 2 aromatic heterocycles. The minimum Gasteiger partial charge on any atom is -0.447 e. The van der Waals surface area contributed by atoms with E-state index in [0.717, 1.165) is 15.4 Å². The zero-order valence-electron chi connectivity index (χ0n) is 20.5. The molecule has 0 spiro atoms. The topological polar surface area (TPSA) is 128 Å². The van der Waals surface area contributed by atoms with Crippen LogP contribution < -0.4 is 10.6 Å². The van der Waals surface area contributed by atoms with E-state index in [0.29, 0.717) is 35.6 Å². The van der Waals surface area contributed by atoms with Crippen LogP contribution >= 0.6 is 11.3 Å². The summed E-state index contributed by atoms with van der Waals surface area (Å²) >= 11 is 1.41. The number of hydrogen-bond acceptors (Lipinski definition) is 9. The van der Waals surface area contributed by atoms with Crippen molar-refractivity contribution in [2.24, 2.45) is 7.05 Å². The summed E-state index contributed by atoms with van der Waals surface area (Å²) in [4.78, 5) is 17.4. The van der Waals surface area contributed by atoms with Crippen molar-refractivity contribution in [3.63, 3.8) is 0 Å². The van der Waals surface area contributed by atoms with Gasteiger partial charge in [-0.1, -0.05) is 11.3 Å². The molecule has 37 heavy (non-hydrogen) atoms. The van der Waals surface area contributed by atoms with E-state index in [1.54, 1.807) is 62.2 Å². The maximum absolute atomic E-state index is 13.3. The lowest BCUT2D eigenvalue weighted by molar-refractivity contribution is 0.130. The SMILES string of the molecule is CC(C)OC(=O)Nc1ccc(-c2ncc(-c3ccc(Nc4cn(C)nn4)cc3S(=O)(=O)C3CC3)s2)cc1. The fourth-order valence-corrected chi connectivity index (χ4v) is 6.66. The summed E-state index contributed by atoms with van der Waals surface area (Å²) in [5.74, 6) is 0.528. The number of nitrogens with one attached hydrogen (secondary N) is 2. The minimum atomic E-state index is -3.49. The van der Waals surface area contributed by atoms with Crippen molar-refractivity contribution in [3.8, 4) is 21.0 Å². The lowest BCUT2D eigenvalue weighted by atomic mass is 10.2. The summed E-state index contributed by atoms with van der Waals surface area (Å²) in [5.41, 5.74) is 2.70. The molecule has 1 aliphatic carbocycles. The Kier molecular flexibility index (Phi) is 6.69. The third-order valence-electron chi connectivity index (χ3n) is 5.62. The van der Waals surface area contributed by atoms with Crippen molar-refractivity contribution in [3.05, 3.63) is 54.9 Å². The van der Waals surface area contributed by atoms with Gasteiger partial charge < -0.3 is 10.1 Å². The highest BCUT2D eigenvalue weighted by atomic mass is 32.2. The standard InChI is InChI=1S/C25H26N6O4S2/c1-15(2)35-25(32)28-17-6-4-16(5-7-17)24-26-13-21(36-24)20-11-8-18(27-23-14-31(3)30-29-23)12-22(20)37(33,34)19-9-10-19/h4-8,11-15,19,27H,9-10H2,1-3H3,(H,28,32). The Balaban J connectivity index is 1.42. The van der Waals surface area contributed by atoms with Crippen LogP contribution in [-0.4, -0.2) is 45.8 Å². The van der Waals surface area contributed by atoms with Gasteiger partial charge in [0.25, 0.3) is 0 Å². The first kappa shape index (κ1) is 24.9. The van der Waals surface area contributed by atoms with Gasteiger partial charge in [0.2, 0.25) is 0 Å². The summed E-state index contributed by atoms with van der Waals surface area (Å²) in [6.07, 6.45) is 4.03. The number of aryl methyl sites for hydroxylation is 1. The van der Waals surface area contributed by atoms with Gasteiger partial charge >= 0.3 is 6.09 Å². The van der Waals surface area contributed by atoms with E-state index < -0.39 is 15.9 Å². The number of benzene rings is 2. The number of ether oxygens (including phenoxy) is 1. The number of aromatic nitrogens is 4. The van der Waals surface area contributed by atoms with E-state index in [-0.39, 0.29) is 16.2 Å². The zero-order chi connectivity index (χ0) is 26.2. The number of rotatable bonds is 8. The van der Waals surface area contributed by atoms with Gasteiger partial charge in [0.15, 0.2) is 15.7 Å². The first-order chi connectivity index (χ1) is 17.7. The fourth-order valence-electron chi connectivity index (χ4n) is 3.74. The number of anilines is 3. The van der Waals surface area contributed by atoms with E-state index in [4.69, 9.17) is 4.74 Å². The Morgan fingerprint density at radius 2 is 1.86 bits per heavy atom. The number of thiazole rings is 1. The lowest BCUT2D eigenvalue weighted by Crippen LogP contribution is -2.17. The third-order valence-corrected chi connectivity index (χ3v) is 9.00. The highest BCUT2D eigenvalue weighted by Crippen LogP contribution is 2.42. The molecule has 2 N–H and O–H groups in total. The zero-order valence-corrected chi connectivity index (χ0v) is 22.1. The Morgan fingerprint density at radius 3 is 2.51 bits per heavy atom. The van der Waals surface area contributed by atoms with E-state index >= 15 is 0 Å². The molecule has 4 aromatic rings. The quantitative estimate of drug-likeness (QED) is 0.312. The highest BCUT2D eigenvalue weighted by Gasteiger charge is 2.38. The number of carbonyl (C=O) groups excluding carboxylic acids is 1. The summed E-state index contributed by atoms with van der Waals surface area (Å²) in [6, 6.07) is 12.5. The number of amides is 1. The van der Waals surface area contributed by atoms with Gasteiger partial charge in [0.05, 0.1) is 27.3 Å². The van der Waals surface area contributed by atoms with Crippen LogP contribution in [0, 0.1) is 0 Å². The highest BCUT2D eigenvalue weighted by molar-refractivity contribution is 7.92. The molecule has 2 aromatic carbocycles. The number of carbonyl (C=O) groups is 1. The van der Waals surface area contributed by atoms with Crippen LogP contribution in [-0.2, 0) is 21.6 Å². The number of sulfone groups is 1. The molecule has 2 heterocycles. The molecule has 192 valence electrons. The van der Waals surface area contributed by atoms with Crippen molar-refractivity contribution in [2.75, 3.05) is 10.6 Å². The Morgan fingerprint density at radius 1 is 1.14 bits per heavy atom. The molecule has 0 atom stereocenters. The van der Waals surface area contributed by atoms with Gasteiger partial charge in [-0.2, -0.15) is 0 Å². The van der Waals surface area contributed by atoms with Crippen molar-refractivity contribution < 1.29 is 17.9 Å². The largest absolute Gasteiger partial charge is 0.447 e. The van der Waals surface area contributed by atoms with E-state index in [9.17, 15) is 13.2 Å². The molecule has 10 nitrogen and oxygen atoms in total. The average molecular weight is 539 g/mol. The van der Waals surface area contributed by atoms with Gasteiger partial charge in [-0.15, -0.1) is 16.4 Å². The molecule has 0 aliphatic heterocycles. The molecule has 0 bridgehead atoms. The summed E-state index contributed by atoms with van der Waals surface area (Å²) in [5, 5.41) is 14.1. The normalized spacial score (nSPS) is 13.5.